The lowest BCUT2D eigenvalue weighted by Gasteiger charge is -2.26. The van der Waals surface area contributed by atoms with Crippen LogP contribution >= 0.6 is 24.0 Å². The third-order valence-corrected chi connectivity index (χ3v) is 5.03. The van der Waals surface area contributed by atoms with Crippen molar-refractivity contribution < 1.29 is 14.4 Å². The zero-order valence-electron chi connectivity index (χ0n) is 18.4. The molecule has 1 atom stereocenters. The minimum Gasteiger partial charge on any atom is -0.368 e. The molecule has 3 amide bonds. The molecule has 2 aromatic rings. The van der Waals surface area contributed by atoms with Crippen molar-refractivity contribution in [2.24, 2.45) is 10.7 Å². The van der Waals surface area contributed by atoms with E-state index in [1.807, 2.05) is 43.3 Å². The number of hydrogen-bond donors (Lipinski definition) is 5. The van der Waals surface area contributed by atoms with E-state index < -0.39 is 5.91 Å². The molecule has 1 aliphatic rings. The minimum atomic E-state index is -0.592. The number of guanidine groups is 1. The summed E-state index contributed by atoms with van der Waals surface area (Å²) in [5, 5.41) is 11.9. The van der Waals surface area contributed by atoms with Gasteiger partial charge in [0.25, 0.3) is 5.91 Å². The molecule has 1 heterocycles. The highest BCUT2D eigenvalue weighted by Crippen LogP contribution is 2.31. The van der Waals surface area contributed by atoms with Gasteiger partial charge in [0.1, 0.15) is 0 Å². The number of hydrogen-bond acceptors (Lipinski definition) is 4. The number of rotatable bonds is 8. The van der Waals surface area contributed by atoms with Crippen molar-refractivity contribution in [2.45, 2.75) is 25.8 Å². The number of carbonyl (C=O) groups is 3. The molecule has 9 nitrogen and oxygen atoms in total. The quantitative estimate of drug-likeness (QED) is 0.189. The van der Waals surface area contributed by atoms with Gasteiger partial charge in [0.2, 0.25) is 11.8 Å². The molecule has 0 bridgehead atoms. The van der Waals surface area contributed by atoms with Crippen LogP contribution in [0.15, 0.2) is 53.5 Å². The molecule has 1 unspecified atom stereocenters. The van der Waals surface area contributed by atoms with E-state index in [0.717, 1.165) is 16.8 Å². The first-order valence-electron chi connectivity index (χ1n) is 10.5. The van der Waals surface area contributed by atoms with Crippen molar-refractivity contribution >= 4 is 53.3 Å². The number of fused-ring (bicyclic) bond motifs is 1. The van der Waals surface area contributed by atoms with Crippen LogP contribution in [0, 0.1) is 0 Å². The van der Waals surface area contributed by atoms with Crippen LogP contribution in [0.25, 0.3) is 0 Å². The maximum absolute atomic E-state index is 12.0. The van der Waals surface area contributed by atoms with Gasteiger partial charge in [0.05, 0.1) is 13.1 Å². The number of primary amides is 1. The Hall–Kier alpha value is -3.15. The van der Waals surface area contributed by atoms with E-state index in [1.165, 1.54) is 0 Å². The average molecular weight is 564 g/mol. The first-order valence-corrected chi connectivity index (χ1v) is 10.5. The molecule has 3 rings (SSSR count). The molecular formula is C23H29IN6O3. The third kappa shape index (κ3) is 7.74. The first kappa shape index (κ1) is 26.1. The predicted molar refractivity (Wildman–Crippen MR) is 139 cm³/mol. The topological polar surface area (TPSA) is 138 Å². The van der Waals surface area contributed by atoms with E-state index in [-0.39, 0.29) is 48.3 Å². The Morgan fingerprint density at radius 1 is 1.09 bits per heavy atom. The molecule has 10 heteroatoms. The lowest BCUT2D eigenvalue weighted by atomic mass is 9.90. The van der Waals surface area contributed by atoms with Crippen LogP contribution in [-0.2, 0) is 16.1 Å². The van der Waals surface area contributed by atoms with E-state index in [9.17, 15) is 14.4 Å². The summed E-state index contributed by atoms with van der Waals surface area (Å²) in [6, 6.07) is 14.8. The summed E-state index contributed by atoms with van der Waals surface area (Å²) in [7, 11) is 0. The number of para-hydroxylation sites is 1. The second-order valence-electron chi connectivity index (χ2n) is 7.46. The standard InChI is InChI=1S/C23H28N6O3.HI/c1-2-25-23(28-13-17-11-21(31)29-19-6-4-3-5-18(17)19)27-12-15-7-9-16(10-8-15)22(32)26-14-20(24)30;/h3-10,17H,2,11-14H2,1H3,(H2,24,30)(H,26,32)(H,29,31)(H2,25,27,28);1H. The third-order valence-electron chi connectivity index (χ3n) is 5.03. The van der Waals surface area contributed by atoms with Crippen LogP contribution < -0.4 is 27.0 Å². The number of benzene rings is 2. The van der Waals surface area contributed by atoms with Crippen molar-refractivity contribution in [3.8, 4) is 0 Å². The number of nitrogens with zero attached hydrogens (tertiary/aromatic N) is 1. The SMILES string of the molecule is CCNC(=NCc1ccc(C(=O)NCC(N)=O)cc1)NCC1CC(=O)Nc2ccccc21.I. The maximum atomic E-state index is 12.0. The summed E-state index contributed by atoms with van der Waals surface area (Å²) >= 11 is 0. The van der Waals surface area contributed by atoms with Gasteiger partial charge in [0, 0.05) is 36.7 Å². The second-order valence-corrected chi connectivity index (χ2v) is 7.46. The molecular weight excluding hydrogens is 535 g/mol. The minimum absolute atomic E-state index is 0. The van der Waals surface area contributed by atoms with Gasteiger partial charge in [-0.05, 0) is 36.2 Å². The zero-order valence-corrected chi connectivity index (χ0v) is 20.7. The van der Waals surface area contributed by atoms with Crippen molar-refractivity contribution in [3.05, 3.63) is 65.2 Å². The number of amides is 3. The fraction of sp³-hybridized carbons (Fsp3) is 0.304. The monoisotopic (exact) mass is 564 g/mol. The summed E-state index contributed by atoms with van der Waals surface area (Å²) in [5.74, 6) is -0.227. The highest BCUT2D eigenvalue weighted by atomic mass is 127. The summed E-state index contributed by atoms with van der Waals surface area (Å²) in [5.41, 5.74) is 8.38. The molecule has 6 N–H and O–H groups in total. The van der Waals surface area contributed by atoms with Gasteiger partial charge in [-0.25, -0.2) is 4.99 Å². The first-order chi connectivity index (χ1) is 15.5. The number of carbonyl (C=O) groups excluding carboxylic acids is 3. The second kappa shape index (κ2) is 12.8. The van der Waals surface area contributed by atoms with Gasteiger partial charge in [0.15, 0.2) is 5.96 Å². The van der Waals surface area contributed by atoms with Gasteiger partial charge in [-0.3, -0.25) is 14.4 Å². The Balaban J connectivity index is 0.00000385. The maximum Gasteiger partial charge on any atom is 0.251 e. The van der Waals surface area contributed by atoms with E-state index in [4.69, 9.17) is 5.73 Å². The van der Waals surface area contributed by atoms with Crippen LogP contribution in [0.4, 0.5) is 5.69 Å². The highest BCUT2D eigenvalue weighted by molar-refractivity contribution is 14.0. The Labute approximate surface area is 210 Å². The summed E-state index contributed by atoms with van der Waals surface area (Å²) in [4.78, 5) is 39.4. The molecule has 1 aliphatic heterocycles. The average Bonchev–Trinajstić information content (AvgIpc) is 2.79. The van der Waals surface area contributed by atoms with Gasteiger partial charge in [-0.1, -0.05) is 30.3 Å². The van der Waals surface area contributed by atoms with E-state index in [0.29, 0.717) is 37.6 Å². The molecule has 33 heavy (non-hydrogen) atoms. The van der Waals surface area contributed by atoms with Crippen molar-refractivity contribution in [3.63, 3.8) is 0 Å². The van der Waals surface area contributed by atoms with Gasteiger partial charge in [-0.2, -0.15) is 0 Å². The summed E-state index contributed by atoms with van der Waals surface area (Å²) in [6.45, 7) is 3.48. The fourth-order valence-electron chi connectivity index (χ4n) is 3.45. The van der Waals surface area contributed by atoms with Crippen LogP contribution in [-0.4, -0.2) is 43.3 Å². The molecule has 0 saturated heterocycles. The largest absolute Gasteiger partial charge is 0.368 e. The predicted octanol–water partition coefficient (Wildman–Crippen LogP) is 1.70. The highest BCUT2D eigenvalue weighted by Gasteiger charge is 2.24. The van der Waals surface area contributed by atoms with Crippen LogP contribution in [0.2, 0.25) is 0 Å². The Kier molecular flexibility index (Phi) is 10.1. The van der Waals surface area contributed by atoms with Crippen molar-refractivity contribution in [1.29, 1.82) is 0 Å². The zero-order chi connectivity index (χ0) is 22.9. The number of halogens is 1. The van der Waals surface area contributed by atoms with E-state index in [2.05, 4.69) is 26.3 Å². The number of anilines is 1. The molecule has 2 aromatic carbocycles. The summed E-state index contributed by atoms with van der Waals surface area (Å²) in [6.07, 6.45) is 0.419. The molecule has 0 aliphatic carbocycles. The van der Waals surface area contributed by atoms with E-state index >= 15 is 0 Å². The smallest absolute Gasteiger partial charge is 0.251 e. The van der Waals surface area contributed by atoms with Gasteiger partial charge >= 0.3 is 0 Å². The Morgan fingerprint density at radius 2 is 1.82 bits per heavy atom. The number of nitrogens with one attached hydrogen (secondary N) is 4. The van der Waals surface area contributed by atoms with Gasteiger partial charge < -0.3 is 27.0 Å². The normalized spacial score (nSPS) is 14.9. The van der Waals surface area contributed by atoms with Crippen molar-refractivity contribution in [1.82, 2.24) is 16.0 Å². The fourth-order valence-corrected chi connectivity index (χ4v) is 3.45. The lowest BCUT2D eigenvalue weighted by Crippen LogP contribution is -2.40. The molecule has 0 radical (unpaired) electrons. The van der Waals surface area contributed by atoms with Crippen LogP contribution in [0.5, 0.6) is 0 Å². The molecule has 0 aromatic heterocycles. The summed E-state index contributed by atoms with van der Waals surface area (Å²) < 4.78 is 0. The van der Waals surface area contributed by atoms with Crippen LogP contribution in [0.3, 0.4) is 0 Å². The lowest BCUT2D eigenvalue weighted by molar-refractivity contribution is -0.117. The number of aliphatic imine (C=N–C) groups is 1. The van der Waals surface area contributed by atoms with Crippen molar-refractivity contribution in [2.75, 3.05) is 25.0 Å². The molecule has 0 fully saturated rings. The van der Waals surface area contributed by atoms with E-state index in [1.54, 1.807) is 12.1 Å². The molecule has 176 valence electrons. The number of nitrogens with two attached hydrogens (primary N) is 1. The Morgan fingerprint density at radius 3 is 2.52 bits per heavy atom. The van der Waals surface area contributed by atoms with Gasteiger partial charge in [-0.15, -0.1) is 24.0 Å². The van der Waals surface area contributed by atoms with Crippen LogP contribution in [0.1, 0.15) is 40.7 Å². The molecule has 0 spiro atoms. The Bertz CT molecular complexity index is 1010. The molecule has 0 saturated carbocycles.